The number of rotatable bonds is 3. The molecule has 0 spiro atoms. The Bertz CT molecular complexity index is 395. The van der Waals surface area contributed by atoms with Gasteiger partial charge in [-0.25, -0.2) is 0 Å². The number of hydrogen-bond donors (Lipinski definition) is 0. The fourth-order valence-electron chi connectivity index (χ4n) is 1.79. The molecule has 2 heterocycles. The van der Waals surface area contributed by atoms with Crippen molar-refractivity contribution in [1.29, 1.82) is 0 Å². The lowest BCUT2D eigenvalue weighted by atomic mass is 10.2. The zero-order chi connectivity index (χ0) is 11.4. The molecule has 0 saturated carbocycles. The third-order valence-electron chi connectivity index (χ3n) is 2.78. The lowest BCUT2D eigenvalue weighted by molar-refractivity contribution is 0.0983. The maximum atomic E-state index is 11.4. The highest BCUT2D eigenvalue weighted by Crippen LogP contribution is 2.16. The van der Waals surface area contributed by atoms with Crippen molar-refractivity contribution in [3.05, 3.63) is 36.2 Å². The Balaban J connectivity index is 2.12. The first-order valence-electron chi connectivity index (χ1n) is 5.70. The zero-order valence-corrected chi connectivity index (χ0v) is 9.52. The van der Waals surface area contributed by atoms with Crippen LogP contribution in [0.2, 0.25) is 0 Å². The Morgan fingerprint density at radius 3 is 2.88 bits per heavy atom. The van der Waals surface area contributed by atoms with Crippen LogP contribution in [-0.4, -0.2) is 23.9 Å². The number of hydrogen-bond acceptors (Lipinski definition) is 3. The van der Waals surface area contributed by atoms with Gasteiger partial charge in [-0.1, -0.05) is 19.1 Å². The average molecular weight is 216 g/mol. The molecule has 0 radical (unpaired) electrons. The second kappa shape index (κ2) is 4.92. The van der Waals surface area contributed by atoms with Crippen molar-refractivity contribution in [2.24, 2.45) is 0 Å². The first-order chi connectivity index (χ1) is 7.81. The topological polar surface area (TPSA) is 33.2 Å². The van der Waals surface area contributed by atoms with E-state index >= 15 is 0 Å². The molecule has 84 valence electrons. The predicted octanol–water partition coefficient (Wildman–Crippen LogP) is 2.44. The van der Waals surface area contributed by atoms with E-state index in [9.17, 15) is 4.79 Å². The monoisotopic (exact) mass is 216 g/mol. The summed E-state index contributed by atoms with van der Waals surface area (Å²) in [7, 11) is 0. The van der Waals surface area contributed by atoms with Crippen LogP contribution in [0.5, 0.6) is 0 Å². The van der Waals surface area contributed by atoms with E-state index in [4.69, 9.17) is 0 Å². The maximum absolute atomic E-state index is 11.4. The van der Waals surface area contributed by atoms with Gasteiger partial charge in [-0.3, -0.25) is 9.78 Å². The van der Waals surface area contributed by atoms with Crippen LogP contribution in [-0.2, 0) is 0 Å². The number of carbonyl (C=O) groups is 1. The number of ketones is 1. The van der Waals surface area contributed by atoms with Gasteiger partial charge >= 0.3 is 0 Å². The highest BCUT2D eigenvalue weighted by Gasteiger charge is 2.09. The molecule has 0 fully saturated rings. The number of aromatic nitrogens is 1. The molecule has 1 aliphatic rings. The molecule has 3 nitrogen and oxygen atoms in total. The van der Waals surface area contributed by atoms with Crippen LogP contribution < -0.4 is 4.90 Å². The van der Waals surface area contributed by atoms with E-state index in [2.05, 4.69) is 22.0 Å². The van der Waals surface area contributed by atoms with Crippen molar-refractivity contribution < 1.29 is 4.79 Å². The molecule has 1 aromatic heterocycles. The second-order valence-corrected chi connectivity index (χ2v) is 3.88. The van der Waals surface area contributed by atoms with E-state index < -0.39 is 0 Å². The lowest BCUT2D eigenvalue weighted by Gasteiger charge is -2.25. The molecule has 1 aromatic rings. The van der Waals surface area contributed by atoms with Crippen molar-refractivity contribution in [1.82, 2.24) is 4.98 Å². The molecule has 0 amide bonds. The number of Topliss-reactive ketones (excluding diaryl/α,β-unsaturated/α-hetero) is 1. The Kier molecular flexibility index (Phi) is 3.34. The van der Waals surface area contributed by atoms with Gasteiger partial charge in [-0.15, -0.1) is 0 Å². The van der Waals surface area contributed by atoms with Crippen LogP contribution in [0.1, 0.15) is 30.3 Å². The summed E-state index contributed by atoms with van der Waals surface area (Å²) in [6.07, 6.45) is 7.74. The molecule has 0 aromatic carbocycles. The summed E-state index contributed by atoms with van der Waals surface area (Å²) < 4.78 is 0. The summed E-state index contributed by atoms with van der Waals surface area (Å²) in [4.78, 5) is 17.9. The zero-order valence-electron chi connectivity index (χ0n) is 9.52. The van der Waals surface area contributed by atoms with Crippen molar-refractivity contribution in [2.75, 3.05) is 18.0 Å². The van der Waals surface area contributed by atoms with Crippen LogP contribution in [0.25, 0.3) is 0 Å². The van der Waals surface area contributed by atoms with Gasteiger partial charge in [0.05, 0.1) is 11.9 Å². The molecule has 0 aliphatic carbocycles. The Labute approximate surface area is 95.8 Å². The molecule has 0 unspecified atom stereocenters. The third kappa shape index (κ3) is 2.30. The number of pyridine rings is 1. The quantitative estimate of drug-likeness (QED) is 0.574. The number of nitrogens with zero attached hydrogens (tertiary/aromatic N) is 2. The van der Waals surface area contributed by atoms with E-state index in [1.54, 1.807) is 6.20 Å². The first-order valence-corrected chi connectivity index (χ1v) is 5.70. The second-order valence-electron chi connectivity index (χ2n) is 3.88. The third-order valence-corrected chi connectivity index (χ3v) is 2.78. The van der Waals surface area contributed by atoms with Gasteiger partial charge in [0.25, 0.3) is 0 Å². The molecular weight excluding hydrogens is 200 g/mol. The molecule has 0 N–H and O–H groups in total. The van der Waals surface area contributed by atoms with Crippen molar-refractivity contribution in [2.45, 2.75) is 19.8 Å². The maximum Gasteiger partial charge on any atom is 0.180 e. The van der Waals surface area contributed by atoms with E-state index in [1.165, 1.54) is 0 Å². The highest BCUT2D eigenvalue weighted by atomic mass is 16.1. The Morgan fingerprint density at radius 1 is 1.44 bits per heavy atom. The standard InChI is InChI=1S/C13H16N2O/c1-2-13(16)12-7-6-11(10-14-12)15-8-4-3-5-9-15/h3-4,6-7,10H,2,5,8-9H2,1H3. The van der Waals surface area contributed by atoms with Crippen LogP contribution in [0.4, 0.5) is 5.69 Å². The van der Waals surface area contributed by atoms with Crippen LogP contribution in [0, 0.1) is 0 Å². The van der Waals surface area contributed by atoms with Gasteiger partial charge in [0.15, 0.2) is 5.78 Å². The summed E-state index contributed by atoms with van der Waals surface area (Å²) >= 11 is 0. The number of carbonyl (C=O) groups excluding carboxylic acids is 1. The largest absolute Gasteiger partial charge is 0.366 e. The van der Waals surface area contributed by atoms with Gasteiger partial charge in [0.1, 0.15) is 5.69 Å². The fourth-order valence-corrected chi connectivity index (χ4v) is 1.79. The molecule has 16 heavy (non-hydrogen) atoms. The van der Waals surface area contributed by atoms with Crippen LogP contribution >= 0.6 is 0 Å². The molecule has 2 rings (SSSR count). The van der Waals surface area contributed by atoms with Gasteiger partial charge in [0, 0.05) is 19.5 Å². The Hall–Kier alpha value is -1.64. The van der Waals surface area contributed by atoms with Crippen molar-refractivity contribution in [3.63, 3.8) is 0 Å². The number of anilines is 1. The molecule has 0 atom stereocenters. The van der Waals surface area contributed by atoms with E-state index in [0.717, 1.165) is 25.2 Å². The molecule has 3 heteroatoms. The molecule has 0 bridgehead atoms. The predicted molar refractivity (Wildman–Crippen MR) is 64.8 cm³/mol. The molecule has 1 aliphatic heterocycles. The average Bonchev–Trinajstić information content (AvgIpc) is 2.39. The van der Waals surface area contributed by atoms with Crippen molar-refractivity contribution >= 4 is 11.5 Å². The smallest absolute Gasteiger partial charge is 0.180 e. The van der Waals surface area contributed by atoms with E-state index in [0.29, 0.717) is 12.1 Å². The molecular formula is C13H16N2O. The Morgan fingerprint density at radius 2 is 2.31 bits per heavy atom. The van der Waals surface area contributed by atoms with Gasteiger partial charge in [0.2, 0.25) is 0 Å². The van der Waals surface area contributed by atoms with Crippen molar-refractivity contribution in [3.8, 4) is 0 Å². The van der Waals surface area contributed by atoms with Gasteiger partial charge in [-0.05, 0) is 18.6 Å². The summed E-state index contributed by atoms with van der Waals surface area (Å²) in [5.41, 5.74) is 1.66. The minimum absolute atomic E-state index is 0.102. The normalized spacial score (nSPS) is 15.2. The minimum atomic E-state index is 0.102. The van der Waals surface area contributed by atoms with E-state index in [-0.39, 0.29) is 5.78 Å². The minimum Gasteiger partial charge on any atom is -0.366 e. The highest BCUT2D eigenvalue weighted by molar-refractivity contribution is 5.94. The van der Waals surface area contributed by atoms with Crippen LogP contribution in [0.15, 0.2) is 30.5 Å². The van der Waals surface area contributed by atoms with E-state index in [1.807, 2.05) is 19.1 Å². The summed E-state index contributed by atoms with van der Waals surface area (Å²) in [5.74, 6) is 0.102. The fraction of sp³-hybridized carbons (Fsp3) is 0.385. The van der Waals surface area contributed by atoms with Gasteiger partial charge in [-0.2, -0.15) is 0 Å². The van der Waals surface area contributed by atoms with Gasteiger partial charge < -0.3 is 4.90 Å². The SMILES string of the molecule is CCC(=O)c1ccc(N2CC=CCC2)cn1. The summed E-state index contributed by atoms with van der Waals surface area (Å²) in [6.45, 7) is 3.81. The first kappa shape index (κ1) is 10.9. The van der Waals surface area contributed by atoms with Crippen LogP contribution in [0.3, 0.4) is 0 Å². The summed E-state index contributed by atoms with van der Waals surface area (Å²) in [6, 6.07) is 3.80. The lowest BCUT2D eigenvalue weighted by Crippen LogP contribution is -2.26. The summed E-state index contributed by atoms with van der Waals surface area (Å²) in [5, 5.41) is 0. The molecule has 0 saturated heterocycles.